The Morgan fingerprint density at radius 1 is 1.06 bits per heavy atom. The van der Waals surface area contributed by atoms with E-state index in [1.807, 2.05) is 31.2 Å². The van der Waals surface area contributed by atoms with E-state index >= 15 is 0 Å². The molecule has 7 heteroatoms. The van der Waals surface area contributed by atoms with Crippen molar-refractivity contribution in [3.05, 3.63) is 59.7 Å². The molecular weight excluding hydrogens is 432 g/mol. The molecule has 1 atom stereocenters. The first-order valence-corrected chi connectivity index (χ1v) is 11.9. The van der Waals surface area contributed by atoms with E-state index in [1.165, 1.54) is 11.1 Å². The molecule has 0 saturated carbocycles. The summed E-state index contributed by atoms with van der Waals surface area (Å²) in [5.74, 6) is -0.905. The van der Waals surface area contributed by atoms with Crippen LogP contribution in [0, 0.1) is 5.41 Å². The number of nitrogens with one attached hydrogen (secondary N) is 1. The average molecular weight is 465 g/mol. The standard InChI is InChI=1S/C27H32N2O5/c1-3-18(16-24(30)29-14-12-27(2,13-15-29)25(31)32)28-26(33)34-17-23-21-10-6-4-8-19(21)20-9-5-7-11-22(20)23/h4-11,18,23H,3,12-17H2,1-2H3,(H,28,33)(H,31,32). The third-order valence-corrected chi connectivity index (χ3v) is 7.32. The van der Waals surface area contributed by atoms with Crippen LogP contribution in [0.25, 0.3) is 11.1 Å². The van der Waals surface area contributed by atoms with E-state index in [-0.39, 0.29) is 30.9 Å². The maximum Gasteiger partial charge on any atom is 0.407 e. The number of hydrogen-bond acceptors (Lipinski definition) is 4. The van der Waals surface area contributed by atoms with Crippen LogP contribution in [0.2, 0.25) is 0 Å². The Morgan fingerprint density at radius 2 is 1.62 bits per heavy atom. The molecule has 2 aromatic carbocycles. The van der Waals surface area contributed by atoms with Crippen LogP contribution >= 0.6 is 0 Å². The topological polar surface area (TPSA) is 95.9 Å². The number of hydrogen-bond donors (Lipinski definition) is 2. The maximum absolute atomic E-state index is 12.8. The Balaban J connectivity index is 1.31. The van der Waals surface area contributed by atoms with Gasteiger partial charge in [-0.3, -0.25) is 9.59 Å². The number of piperidine rings is 1. The highest BCUT2D eigenvalue weighted by Gasteiger charge is 2.38. The van der Waals surface area contributed by atoms with Crippen molar-refractivity contribution in [2.45, 2.75) is 51.5 Å². The lowest BCUT2D eigenvalue weighted by Gasteiger charge is -2.37. The highest BCUT2D eigenvalue weighted by molar-refractivity contribution is 5.80. The van der Waals surface area contributed by atoms with Crippen LogP contribution in [0.5, 0.6) is 0 Å². The normalized spacial score (nSPS) is 17.4. The van der Waals surface area contributed by atoms with E-state index in [0.717, 1.165) is 11.1 Å². The summed E-state index contributed by atoms with van der Waals surface area (Å²) in [5, 5.41) is 12.2. The van der Waals surface area contributed by atoms with E-state index in [9.17, 15) is 19.5 Å². The third kappa shape index (κ3) is 4.79. The number of carbonyl (C=O) groups excluding carboxylic acids is 2. The molecule has 0 aromatic heterocycles. The molecule has 1 unspecified atom stereocenters. The zero-order chi connectivity index (χ0) is 24.3. The molecular formula is C27H32N2O5. The van der Waals surface area contributed by atoms with Crippen molar-refractivity contribution in [3.63, 3.8) is 0 Å². The first-order chi connectivity index (χ1) is 16.3. The largest absolute Gasteiger partial charge is 0.481 e. The summed E-state index contributed by atoms with van der Waals surface area (Å²) in [4.78, 5) is 38.5. The Hall–Kier alpha value is -3.35. The lowest BCUT2D eigenvalue weighted by molar-refractivity contribution is -0.153. The third-order valence-electron chi connectivity index (χ3n) is 7.32. The summed E-state index contributed by atoms with van der Waals surface area (Å²) in [6.45, 7) is 4.71. The Bertz CT molecular complexity index is 1030. The number of amides is 2. The van der Waals surface area contributed by atoms with Gasteiger partial charge >= 0.3 is 12.1 Å². The van der Waals surface area contributed by atoms with Crippen LogP contribution in [-0.4, -0.2) is 53.7 Å². The van der Waals surface area contributed by atoms with Gasteiger partial charge in [-0.1, -0.05) is 55.5 Å². The molecule has 7 nitrogen and oxygen atoms in total. The second-order valence-electron chi connectivity index (χ2n) is 9.53. The number of carbonyl (C=O) groups is 3. The zero-order valence-electron chi connectivity index (χ0n) is 19.8. The lowest BCUT2D eigenvalue weighted by atomic mass is 9.80. The number of benzene rings is 2. The van der Waals surface area contributed by atoms with E-state index in [4.69, 9.17) is 4.74 Å². The molecule has 4 rings (SSSR count). The number of ether oxygens (including phenoxy) is 1. The first kappa shape index (κ1) is 23.8. The second-order valence-corrected chi connectivity index (χ2v) is 9.53. The first-order valence-electron chi connectivity index (χ1n) is 11.9. The van der Waals surface area contributed by atoms with Gasteiger partial charge in [-0.25, -0.2) is 4.79 Å². The van der Waals surface area contributed by atoms with Crippen LogP contribution in [0.1, 0.15) is 56.6 Å². The van der Waals surface area contributed by atoms with Crippen molar-refractivity contribution < 1.29 is 24.2 Å². The molecule has 1 aliphatic carbocycles. The maximum atomic E-state index is 12.8. The molecule has 2 aliphatic rings. The molecule has 1 saturated heterocycles. The Morgan fingerprint density at radius 3 is 2.15 bits per heavy atom. The summed E-state index contributed by atoms with van der Waals surface area (Å²) in [6.07, 6.45) is 1.11. The molecule has 0 spiro atoms. The lowest BCUT2D eigenvalue weighted by Crippen LogP contribution is -2.47. The fourth-order valence-electron chi connectivity index (χ4n) is 4.91. The van der Waals surface area contributed by atoms with Crippen molar-refractivity contribution in [1.29, 1.82) is 0 Å². The molecule has 0 bridgehead atoms. The van der Waals surface area contributed by atoms with Gasteiger partial charge in [-0.15, -0.1) is 0 Å². The van der Waals surface area contributed by atoms with Crippen LogP contribution < -0.4 is 5.32 Å². The number of nitrogens with zero attached hydrogens (tertiary/aromatic N) is 1. The number of aliphatic carboxylic acids is 1. The van der Waals surface area contributed by atoms with Crippen LogP contribution in [0.15, 0.2) is 48.5 Å². The quantitative estimate of drug-likeness (QED) is 0.633. The molecule has 2 amide bonds. The number of carboxylic acid groups (broad SMARTS) is 1. The fourth-order valence-corrected chi connectivity index (χ4v) is 4.91. The fraction of sp³-hybridized carbons (Fsp3) is 0.444. The minimum atomic E-state index is -0.817. The monoisotopic (exact) mass is 464 g/mol. The molecule has 2 N–H and O–H groups in total. The number of alkyl carbamates (subject to hydrolysis) is 1. The van der Waals surface area contributed by atoms with Gasteiger partial charge in [0, 0.05) is 31.5 Å². The zero-order valence-corrected chi connectivity index (χ0v) is 19.8. The van der Waals surface area contributed by atoms with Crippen LogP contribution in [0.4, 0.5) is 4.79 Å². The second kappa shape index (κ2) is 9.87. The summed E-state index contributed by atoms with van der Waals surface area (Å²) in [5.41, 5.74) is 3.86. The van der Waals surface area contributed by atoms with Gasteiger partial charge in [0.05, 0.1) is 5.41 Å². The van der Waals surface area contributed by atoms with Crippen molar-refractivity contribution in [3.8, 4) is 11.1 Å². The number of fused-ring (bicyclic) bond motifs is 3. The SMILES string of the molecule is CCC(CC(=O)N1CCC(C)(C(=O)O)CC1)NC(=O)OCC1c2ccccc2-c2ccccc21. The Labute approximate surface area is 200 Å². The molecule has 1 heterocycles. The Kier molecular flexibility index (Phi) is 6.91. The minimum absolute atomic E-state index is 0.0169. The minimum Gasteiger partial charge on any atom is -0.481 e. The van der Waals surface area contributed by atoms with Gasteiger partial charge < -0.3 is 20.1 Å². The molecule has 180 valence electrons. The van der Waals surface area contributed by atoms with Crippen molar-refractivity contribution in [2.75, 3.05) is 19.7 Å². The molecule has 0 radical (unpaired) electrons. The summed E-state index contributed by atoms with van der Waals surface area (Å²) < 4.78 is 5.61. The smallest absolute Gasteiger partial charge is 0.407 e. The molecule has 1 fully saturated rings. The van der Waals surface area contributed by atoms with Gasteiger partial charge in [0.1, 0.15) is 6.61 Å². The molecule has 34 heavy (non-hydrogen) atoms. The highest BCUT2D eigenvalue weighted by atomic mass is 16.5. The van der Waals surface area contributed by atoms with Gasteiger partial charge in [-0.2, -0.15) is 0 Å². The van der Waals surface area contributed by atoms with Gasteiger partial charge in [0.15, 0.2) is 0 Å². The molecule has 2 aromatic rings. The molecule has 1 aliphatic heterocycles. The van der Waals surface area contributed by atoms with Gasteiger partial charge in [0.25, 0.3) is 0 Å². The predicted molar refractivity (Wildman–Crippen MR) is 128 cm³/mol. The highest BCUT2D eigenvalue weighted by Crippen LogP contribution is 2.44. The van der Waals surface area contributed by atoms with Crippen molar-refractivity contribution >= 4 is 18.0 Å². The van der Waals surface area contributed by atoms with E-state index < -0.39 is 17.5 Å². The van der Waals surface area contributed by atoms with Crippen LogP contribution in [0.3, 0.4) is 0 Å². The number of likely N-dealkylation sites (tertiary alicyclic amines) is 1. The van der Waals surface area contributed by atoms with E-state index in [2.05, 4.69) is 29.6 Å². The summed E-state index contributed by atoms with van der Waals surface area (Å²) in [7, 11) is 0. The summed E-state index contributed by atoms with van der Waals surface area (Å²) >= 11 is 0. The van der Waals surface area contributed by atoms with E-state index in [0.29, 0.717) is 32.4 Å². The predicted octanol–water partition coefficient (Wildman–Crippen LogP) is 4.41. The van der Waals surface area contributed by atoms with Gasteiger partial charge in [0.2, 0.25) is 5.91 Å². The van der Waals surface area contributed by atoms with E-state index in [1.54, 1.807) is 11.8 Å². The van der Waals surface area contributed by atoms with Gasteiger partial charge in [-0.05, 0) is 48.4 Å². The summed E-state index contributed by atoms with van der Waals surface area (Å²) in [6, 6.07) is 16.0. The number of rotatable bonds is 7. The average Bonchev–Trinajstić information content (AvgIpc) is 3.16. The van der Waals surface area contributed by atoms with Crippen LogP contribution in [-0.2, 0) is 14.3 Å². The van der Waals surface area contributed by atoms with Crippen molar-refractivity contribution in [2.24, 2.45) is 5.41 Å². The number of carboxylic acids is 1. The van der Waals surface area contributed by atoms with Crippen molar-refractivity contribution in [1.82, 2.24) is 10.2 Å².